The average Bonchev–Trinajstić information content (AvgIpc) is 2.87. The topological polar surface area (TPSA) is 115 Å². The van der Waals surface area contributed by atoms with Crippen LogP contribution in [0.5, 0.6) is 0 Å². The first-order valence-corrected chi connectivity index (χ1v) is 8.73. The molecular weight excluding hydrogens is 342 g/mol. The molecule has 1 aromatic carbocycles. The number of sulfonamides is 1. The molecule has 2 unspecified atom stereocenters. The van der Waals surface area contributed by atoms with E-state index in [1.165, 1.54) is 6.07 Å². The summed E-state index contributed by atoms with van der Waals surface area (Å²) in [5.41, 5.74) is 6.39. The number of benzene rings is 1. The lowest BCUT2D eigenvalue weighted by Gasteiger charge is -2.20. The average molecular weight is 364 g/mol. The van der Waals surface area contributed by atoms with Gasteiger partial charge in [-0.25, -0.2) is 13.1 Å². The fraction of sp³-hybridized carbons (Fsp3) is 0.571. The molecule has 7 nitrogen and oxygen atoms in total. The van der Waals surface area contributed by atoms with E-state index in [9.17, 15) is 18.5 Å². The van der Waals surface area contributed by atoms with Gasteiger partial charge in [0.15, 0.2) is 4.90 Å². The fourth-order valence-electron chi connectivity index (χ4n) is 2.99. The highest BCUT2D eigenvalue weighted by atomic mass is 35.5. The van der Waals surface area contributed by atoms with Crippen LogP contribution in [0.1, 0.15) is 30.4 Å². The Morgan fingerprint density at radius 3 is 2.57 bits per heavy atom. The number of nitrogens with two attached hydrogens (primary N) is 1. The van der Waals surface area contributed by atoms with Crippen LogP contribution in [-0.2, 0) is 10.0 Å². The predicted octanol–water partition coefficient (Wildman–Crippen LogP) is 2.04. The molecule has 1 aromatic rings. The lowest BCUT2D eigenvalue weighted by molar-refractivity contribution is -0.387. The summed E-state index contributed by atoms with van der Waals surface area (Å²) in [4.78, 5) is 10.3. The van der Waals surface area contributed by atoms with E-state index in [2.05, 4.69) is 4.72 Å². The molecule has 1 fully saturated rings. The first kappa shape index (κ1) is 19.8. The van der Waals surface area contributed by atoms with Gasteiger partial charge in [0.1, 0.15) is 0 Å². The molecule has 0 bridgehead atoms. The maximum absolute atomic E-state index is 12.7. The van der Waals surface area contributed by atoms with Crippen LogP contribution in [0.25, 0.3) is 0 Å². The van der Waals surface area contributed by atoms with Crippen molar-refractivity contribution in [1.29, 1.82) is 0 Å². The van der Waals surface area contributed by atoms with E-state index in [4.69, 9.17) is 5.73 Å². The molecule has 2 atom stereocenters. The van der Waals surface area contributed by atoms with Gasteiger partial charge >= 0.3 is 0 Å². The SMILES string of the molecule is Cc1ccc([N+](=O)[O-])c(S(=O)(=O)NC2CCCC2CN)c1C.Cl. The normalized spacial score (nSPS) is 21.0. The molecule has 1 saturated carbocycles. The number of nitro groups is 1. The van der Waals surface area contributed by atoms with Crippen molar-refractivity contribution in [1.82, 2.24) is 4.72 Å². The lowest BCUT2D eigenvalue weighted by atomic mass is 10.1. The van der Waals surface area contributed by atoms with Crippen LogP contribution in [-0.4, -0.2) is 25.9 Å². The van der Waals surface area contributed by atoms with Crippen LogP contribution < -0.4 is 10.5 Å². The minimum atomic E-state index is -3.96. The third-order valence-electron chi connectivity index (χ3n) is 4.39. The molecule has 0 spiro atoms. The van der Waals surface area contributed by atoms with E-state index in [1.807, 2.05) is 0 Å². The summed E-state index contributed by atoms with van der Waals surface area (Å²) in [6.45, 7) is 3.73. The summed E-state index contributed by atoms with van der Waals surface area (Å²) in [6.07, 6.45) is 2.49. The van der Waals surface area contributed by atoms with Crippen molar-refractivity contribution in [2.24, 2.45) is 11.7 Å². The van der Waals surface area contributed by atoms with E-state index in [0.29, 0.717) is 24.1 Å². The molecule has 3 N–H and O–H groups in total. The number of halogens is 1. The number of nitrogens with one attached hydrogen (secondary N) is 1. The van der Waals surface area contributed by atoms with Crippen LogP contribution in [0, 0.1) is 29.9 Å². The molecule has 23 heavy (non-hydrogen) atoms. The molecule has 0 heterocycles. The Hall–Kier alpha value is -1.22. The fourth-order valence-corrected chi connectivity index (χ4v) is 4.80. The summed E-state index contributed by atoms with van der Waals surface area (Å²) in [7, 11) is -3.96. The van der Waals surface area contributed by atoms with Crippen LogP contribution in [0.2, 0.25) is 0 Å². The van der Waals surface area contributed by atoms with Gasteiger partial charge < -0.3 is 5.73 Å². The molecule has 2 rings (SSSR count). The second-order valence-corrected chi connectivity index (χ2v) is 7.42. The molecule has 0 aromatic heterocycles. The Morgan fingerprint density at radius 1 is 1.35 bits per heavy atom. The first-order valence-electron chi connectivity index (χ1n) is 7.25. The Bertz CT molecular complexity index is 694. The molecule has 0 aliphatic heterocycles. The van der Waals surface area contributed by atoms with E-state index in [0.717, 1.165) is 12.8 Å². The highest BCUT2D eigenvalue weighted by molar-refractivity contribution is 7.89. The van der Waals surface area contributed by atoms with Gasteiger partial charge in [-0.1, -0.05) is 12.5 Å². The Labute approximate surface area is 142 Å². The number of aryl methyl sites for hydroxylation is 1. The first-order chi connectivity index (χ1) is 10.3. The van der Waals surface area contributed by atoms with Crippen LogP contribution in [0.15, 0.2) is 17.0 Å². The summed E-state index contributed by atoms with van der Waals surface area (Å²) in [5, 5.41) is 11.2. The Balaban J connectivity index is 0.00000264. The molecule has 130 valence electrons. The zero-order valence-corrected chi connectivity index (χ0v) is 14.7. The van der Waals surface area contributed by atoms with Crippen LogP contribution in [0.4, 0.5) is 5.69 Å². The molecule has 0 amide bonds. The Kier molecular flexibility index (Phi) is 6.52. The number of rotatable bonds is 5. The van der Waals surface area contributed by atoms with E-state index in [1.54, 1.807) is 19.9 Å². The number of hydrogen-bond donors (Lipinski definition) is 2. The van der Waals surface area contributed by atoms with E-state index < -0.39 is 20.6 Å². The van der Waals surface area contributed by atoms with Crippen molar-refractivity contribution in [3.8, 4) is 0 Å². The minimum Gasteiger partial charge on any atom is -0.330 e. The standard InChI is InChI=1S/C14H21N3O4S.ClH/c1-9-6-7-13(17(18)19)14(10(9)2)22(20,21)16-12-5-3-4-11(12)8-15;/h6-7,11-12,16H,3-5,8,15H2,1-2H3;1H. The highest BCUT2D eigenvalue weighted by Gasteiger charge is 2.34. The second kappa shape index (κ2) is 7.57. The summed E-state index contributed by atoms with van der Waals surface area (Å²) < 4.78 is 28.0. The molecule has 0 saturated heterocycles. The monoisotopic (exact) mass is 363 g/mol. The third-order valence-corrected chi connectivity index (χ3v) is 6.06. The van der Waals surface area contributed by atoms with Gasteiger partial charge in [0.05, 0.1) is 4.92 Å². The van der Waals surface area contributed by atoms with Gasteiger partial charge in [-0.2, -0.15) is 0 Å². The van der Waals surface area contributed by atoms with E-state index in [-0.39, 0.29) is 29.3 Å². The second-order valence-electron chi connectivity index (χ2n) is 5.77. The predicted molar refractivity (Wildman–Crippen MR) is 90.3 cm³/mol. The largest absolute Gasteiger partial charge is 0.330 e. The summed E-state index contributed by atoms with van der Waals surface area (Å²) in [5.74, 6) is 0.0824. The quantitative estimate of drug-likeness (QED) is 0.613. The van der Waals surface area contributed by atoms with Crippen molar-refractivity contribution >= 4 is 28.1 Å². The molecule has 1 aliphatic rings. The zero-order chi connectivity index (χ0) is 16.5. The van der Waals surface area contributed by atoms with E-state index >= 15 is 0 Å². The smallest absolute Gasteiger partial charge is 0.289 e. The van der Waals surface area contributed by atoms with Gasteiger partial charge in [-0.05, 0) is 50.3 Å². The van der Waals surface area contributed by atoms with Gasteiger partial charge in [0.2, 0.25) is 10.0 Å². The van der Waals surface area contributed by atoms with Crippen LogP contribution >= 0.6 is 12.4 Å². The van der Waals surface area contributed by atoms with Gasteiger partial charge in [-0.15, -0.1) is 12.4 Å². The molecule has 1 aliphatic carbocycles. The van der Waals surface area contributed by atoms with Crippen molar-refractivity contribution in [2.75, 3.05) is 6.54 Å². The zero-order valence-electron chi connectivity index (χ0n) is 13.1. The lowest BCUT2D eigenvalue weighted by Crippen LogP contribution is -2.40. The number of nitro benzene ring substituents is 1. The highest BCUT2D eigenvalue weighted by Crippen LogP contribution is 2.31. The van der Waals surface area contributed by atoms with Gasteiger partial charge in [0, 0.05) is 12.1 Å². The summed E-state index contributed by atoms with van der Waals surface area (Å²) >= 11 is 0. The molecule has 9 heteroatoms. The van der Waals surface area contributed by atoms with Crippen molar-refractivity contribution in [3.05, 3.63) is 33.4 Å². The van der Waals surface area contributed by atoms with Gasteiger partial charge in [0.25, 0.3) is 5.69 Å². The molecule has 0 radical (unpaired) electrons. The van der Waals surface area contributed by atoms with Crippen LogP contribution in [0.3, 0.4) is 0 Å². The number of hydrogen-bond acceptors (Lipinski definition) is 5. The van der Waals surface area contributed by atoms with Gasteiger partial charge in [-0.3, -0.25) is 10.1 Å². The summed E-state index contributed by atoms with van der Waals surface area (Å²) in [6, 6.07) is 2.55. The minimum absolute atomic E-state index is 0. The maximum atomic E-state index is 12.7. The number of nitrogens with zero attached hydrogens (tertiary/aromatic N) is 1. The van der Waals surface area contributed by atoms with Crippen molar-refractivity contribution in [2.45, 2.75) is 44.0 Å². The molecular formula is C14H22ClN3O4S. The van der Waals surface area contributed by atoms with Crippen molar-refractivity contribution < 1.29 is 13.3 Å². The van der Waals surface area contributed by atoms with Crippen molar-refractivity contribution in [3.63, 3.8) is 0 Å². The Morgan fingerprint density at radius 2 is 2.00 bits per heavy atom. The maximum Gasteiger partial charge on any atom is 0.289 e. The third kappa shape index (κ3) is 4.00.